The lowest BCUT2D eigenvalue weighted by atomic mass is 10.2. The summed E-state index contributed by atoms with van der Waals surface area (Å²) < 4.78 is 17.2. The zero-order chi connectivity index (χ0) is 12.7. The summed E-state index contributed by atoms with van der Waals surface area (Å²) in [5, 5.41) is 1.52. The van der Waals surface area contributed by atoms with E-state index < -0.39 is 11.1 Å². The van der Waals surface area contributed by atoms with Crippen molar-refractivity contribution in [2.75, 3.05) is 24.8 Å². The van der Waals surface area contributed by atoms with Crippen LogP contribution in [-0.4, -0.2) is 34.1 Å². The summed E-state index contributed by atoms with van der Waals surface area (Å²) in [5.41, 5.74) is 1.11. The van der Waals surface area contributed by atoms with Gasteiger partial charge in [-0.25, -0.2) is 4.21 Å². The molecular weight excluding hydrogens is 281 g/mol. The Balaban J connectivity index is 2.60. The molecule has 0 aliphatic rings. The lowest BCUT2D eigenvalue weighted by Gasteiger charge is -2.17. The molecule has 0 radical (unpaired) electrons. The van der Waals surface area contributed by atoms with Gasteiger partial charge in [-0.3, -0.25) is 0 Å². The molecular formula is C11H15Cl2NO2S. The topological polar surface area (TPSA) is 29.5 Å². The summed E-state index contributed by atoms with van der Waals surface area (Å²) >= 11 is 9.72. The molecule has 0 aromatic heterocycles. The van der Waals surface area contributed by atoms with Crippen molar-refractivity contribution in [3.05, 3.63) is 29.8 Å². The molecule has 1 aromatic carbocycles. The quantitative estimate of drug-likeness (QED) is 0.572. The smallest absolute Gasteiger partial charge is 0.206 e. The molecule has 6 heteroatoms. The van der Waals surface area contributed by atoms with E-state index in [0.29, 0.717) is 29.7 Å². The van der Waals surface area contributed by atoms with Gasteiger partial charge in [0, 0.05) is 24.8 Å². The van der Waals surface area contributed by atoms with E-state index in [9.17, 15) is 4.21 Å². The molecule has 1 aromatic rings. The van der Waals surface area contributed by atoms with Gasteiger partial charge >= 0.3 is 0 Å². The van der Waals surface area contributed by atoms with Crippen molar-refractivity contribution in [3.8, 4) is 0 Å². The van der Waals surface area contributed by atoms with Gasteiger partial charge in [-0.05, 0) is 19.1 Å². The van der Waals surface area contributed by atoms with Gasteiger partial charge in [0.15, 0.2) is 0 Å². The Labute approximate surface area is 114 Å². The average Bonchev–Trinajstić information content (AvgIpc) is 2.30. The van der Waals surface area contributed by atoms with Crippen LogP contribution in [0.1, 0.15) is 5.56 Å². The number of alkyl halides is 2. The monoisotopic (exact) mass is 295 g/mol. The predicted octanol–water partition coefficient (Wildman–Crippen LogP) is 2.73. The molecule has 0 heterocycles. The lowest BCUT2D eigenvalue weighted by Crippen LogP contribution is -2.29. The fraction of sp³-hybridized carbons (Fsp3) is 0.455. The number of halogens is 2. The first-order valence-electron chi connectivity index (χ1n) is 5.21. The van der Waals surface area contributed by atoms with Gasteiger partial charge in [0.1, 0.15) is 0 Å². The first-order valence-corrected chi connectivity index (χ1v) is 7.35. The SMILES string of the molecule is Cc1ccc([S@](=O)ON(CCCl)CCCl)cc1. The van der Waals surface area contributed by atoms with Crippen LogP contribution in [0.15, 0.2) is 29.2 Å². The zero-order valence-corrected chi connectivity index (χ0v) is 11.9. The van der Waals surface area contributed by atoms with E-state index in [0.717, 1.165) is 5.56 Å². The summed E-state index contributed by atoms with van der Waals surface area (Å²) in [6.45, 7) is 2.96. The second-order valence-corrected chi connectivity index (χ2v) is 5.28. The maximum atomic E-state index is 11.9. The maximum absolute atomic E-state index is 11.9. The van der Waals surface area contributed by atoms with Gasteiger partial charge in [-0.2, -0.15) is 9.35 Å². The highest BCUT2D eigenvalue weighted by molar-refractivity contribution is 7.80. The van der Waals surface area contributed by atoms with E-state index in [1.54, 1.807) is 12.1 Å². The van der Waals surface area contributed by atoms with E-state index in [4.69, 9.17) is 27.5 Å². The summed E-state index contributed by atoms with van der Waals surface area (Å²) in [6.07, 6.45) is 0. The maximum Gasteiger partial charge on any atom is 0.206 e. The van der Waals surface area contributed by atoms with Crippen molar-refractivity contribution in [1.29, 1.82) is 0 Å². The van der Waals surface area contributed by atoms with Crippen LogP contribution in [0.2, 0.25) is 0 Å². The standard InChI is InChI=1S/C11H15Cl2NO2S/c1-10-2-4-11(5-3-10)17(15)16-14(8-6-12)9-7-13/h2-5H,6-9H2,1H3/t17-/m1/s1. The fourth-order valence-corrected chi connectivity index (χ4v) is 2.32. The molecule has 0 saturated heterocycles. The third-order valence-electron chi connectivity index (χ3n) is 2.05. The Hall–Kier alpha value is -0.130. The van der Waals surface area contributed by atoms with Crippen LogP contribution in [-0.2, 0) is 15.4 Å². The molecule has 0 amide bonds. The Morgan fingerprint density at radius 3 is 2.18 bits per heavy atom. The van der Waals surface area contributed by atoms with E-state index >= 15 is 0 Å². The van der Waals surface area contributed by atoms with Crippen LogP contribution in [0.25, 0.3) is 0 Å². The van der Waals surface area contributed by atoms with E-state index in [2.05, 4.69) is 0 Å². The molecule has 0 bridgehead atoms. The zero-order valence-electron chi connectivity index (χ0n) is 9.57. The van der Waals surface area contributed by atoms with Crippen LogP contribution >= 0.6 is 23.2 Å². The molecule has 1 atom stereocenters. The minimum atomic E-state index is -1.52. The minimum Gasteiger partial charge on any atom is -0.223 e. The first-order chi connectivity index (χ1) is 8.17. The number of rotatable bonds is 7. The van der Waals surface area contributed by atoms with Gasteiger partial charge in [0.25, 0.3) is 0 Å². The summed E-state index contributed by atoms with van der Waals surface area (Å²) in [5.74, 6) is 0.809. The van der Waals surface area contributed by atoms with Crippen LogP contribution < -0.4 is 0 Å². The number of hydrogen-bond donors (Lipinski definition) is 0. The van der Waals surface area contributed by atoms with E-state index in [-0.39, 0.29) is 0 Å². The number of benzene rings is 1. The first kappa shape index (κ1) is 14.9. The molecule has 0 aliphatic carbocycles. The second kappa shape index (κ2) is 8.06. The number of hydrogen-bond acceptors (Lipinski definition) is 3. The molecule has 1 rings (SSSR count). The Morgan fingerprint density at radius 1 is 1.18 bits per heavy atom. The minimum absolute atomic E-state index is 0.405. The van der Waals surface area contributed by atoms with E-state index in [1.165, 1.54) is 5.06 Å². The summed E-state index contributed by atoms with van der Waals surface area (Å²) in [7, 11) is 0. The molecule has 0 aliphatic heterocycles. The Morgan fingerprint density at radius 2 is 1.71 bits per heavy atom. The van der Waals surface area contributed by atoms with Crippen LogP contribution in [0.5, 0.6) is 0 Å². The third-order valence-corrected chi connectivity index (χ3v) is 3.40. The van der Waals surface area contributed by atoms with Crippen molar-refractivity contribution < 1.29 is 8.49 Å². The number of aryl methyl sites for hydroxylation is 1. The largest absolute Gasteiger partial charge is 0.223 e. The van der Waals surface area contributed by atoms with Crippen molar-refractivity contribution in [3.63, 3.8) is 0 Å². The number of nitrogens with zero attached hydrogens (tertiary/aromatic N) is 1. The summed E-state index contributed by atoms with van der Waals surface area (Å²) in [4.78, 5) is 0.629. The second-order valence-electron chi connectivity index (χ2n) is 3.43. The molecule has 0 unspecified atom stereocenters. The Kier molecular flexibility index (Phi) is 7.08. The van der Waals surface area contributed by atoms with Crippen molar-refractivity contribution >= 4 is 34.3 Å². The molecule has 0 spiro atoms. The normalized spacial score (nSPS) is 12.9. The summed E-state index contributed by atoms with van der Waals surface area (Å²) in [6, 6.07) is 7.35. The highest BCUT2D eigenvalue weighted by atomic mass is 35.5. The van der Waals surface area contributed by atoms with Gasteiger partial charge in [-0.15, -0.1) is 23.2 Å². The fourth-order valence-electron chi connectivity index (χ4n) is 1.16. The molecule has 96 valence electrons. The van der Waals surface area contributed by atoms with Crippen molar-refractivity contribution in [2.24, 2.45) is 0 Å². The highest BCUT2D eigenvalue weighted by Crippen LogP contribution is 2.11. The van der Waals surface area contributed by atoms with Crippen molar-refractivity contribution in [2.45, 2.75) is 11.8 Å². The van der Waals surface area contributed by atoms with Gasteiger partial charge in [0.05, 0.1) is 4.90 Å². The molecule has 0 saturated carbocycles. The van der Waals surface area contributed by atoms with Crippen LogP contribution in [0.3, 0.4) is 0 Å². The Bertz CT molecular complexity index is 353. The number of hydroxylamine groups is 2. The van der Waals surface area contributed by atoms with Gasteiger partial charge in [0.2, 0.25) is 11.1 Å². The lowest BCUT2D eigenvalue weighted by molar-refractivity contribution is -0.0326. The highest BCUT2D eigenvalue weighted by Gasteiger charge is 2.11. The average molecular weight is 296 g/mol. The van der Waals surface area contributed by atoms with E-state index in [1.807, 2.05) is 19.1 Å². The van der Waals surface area contributed by atoms with Gasteiger partial charge < -0.3 is 0 Å². The predicted molar refractivity (Wildman–Crippen MR) is 71.7 cm³/mol. The molecule has 0 N–H and O–H groups in total. The molecule has 17 heavy (non-hydrogen) atoms. The molecule has 3 nitrogen and oxygen atoms in total. The van der Waals surface area contributed by atoms with Crippen molar-refractivity contribution in [1.82, 2.24) is 5.06 Å². The molecule has 0 fully saturated rings. The van der Waals surface area contributed by atoms with Crippen LogP contribution in [0.4, 0.5) is 0 Å². The third kappa shape index (κ3) is 5.36. The van der Waals surface area contributed by atoms with Crippen LogP contribution in [0, 0.1) is 6.92 Å². The van der Waals surface area contributed by atoms with Gasteiger partial charge in [-0.1, -0.05) is 17.7 Å².